The van der Waals surface area contributed by atoms with Gasteiger partial charge in [-0.25, -0.2) is 9.36 Å². The molecule has 0 rings (SSSR count). The third-order valence-electron chi connectivity index (χ3n) is 1.40. The number of hydrogen-bond donors (Lipinski definition) is 4. The molecule has 0 aliphatic heterocycles. The number of aliphatic hydroxyl groups is 1. The number of unbranched alkanes of at least 4 members (excludes halogenated alkanes) is 1. The van der Waals surface area contributed by atoms with Gasteiger partial charge in [-0.15, -0.1) is 0 Å². The minimum absolute atomic E-state index is 0.311. The molecule has 0 heterocycles. The standard InChI is InChI=1S/C9H16O3.H3O4P/c1-4-5-6-8(10)12-9(11)7(2)3;1-5(2,3)4/h8,10H,2,4-6H2,1,3H3;(H3,1,2,3,4). The van der Waals surface area contributed by atoms with Crippen LogP contribution >= 0.6 is 7.82 Å². The highest BCUT2D eigenvalue weighted by Crippen LogP contribution is 2.25. The van der Waals surface area contributed by atoms with Crippen LogP contribution in [0.25, 0.3) is 0 Å². The van der Waals surface area contributed by atoms with Crippen LogP contribution in [0.1, 0.15) is 33.1 Å². The van der Waals surface area contributed by atoms with Crippen LogP contribution in [-0.4, -0.2) is 32.0 Å². The predicted octanol–water partition coefficient (Wildman–Crippen LogP) is 0.686. The van der Waals surface area contributed by atoms with E-state index >= 15 is 0 Å². The molecule has 7 nitrogen and oxygen atoms in total. The van der Waals surface area contributed by atoms with Gasteiger partial charge in [0, 0.05) is 12.0 Å². The van der Waals surface area contributed by atoms with Crippen molar-refractivity contribution in [2.45, 2.75) is 39.4 Å². The zero-order valence-corrected chi connectivity index (χ0v) is 10.8. The lowest BCUT2D eigenvalue weighted by Crippen LogP contribution is -2.17. The molecule has 0 aliphatic rings. The fraction of sp³-hybridized carbons (Fsp3) is 0.667. The molecule has 0 saturated heterocycles. The number of rotatable bonds is 5. The van der Waals surface area contributed by atoms with Crippen molar-refractivity contribution in [3.8, 4) is 0 Å². The van der Waals surface area contributed by atoms with E-state index in [0.717, 1.165) is 12.8 Å². The van der Waals surface area contributed by atoms with Gasteiger partial charge in [-0.2, -0.15) is 0 Å². The van der Waals surface area contributed by atoms with Crippen molar-refractivity contribution >= 4 is 13.8 Å². The summed E-state index contributed by atoms with van der Waals surface area (Å²) in [6.45, 7) is 6.96. The number of ether oxygens (including phenoxy) is 1. The SMILES string of the molecule is C=C(C)C(=O)OC(O)CCCC.O=P(O)(O)O. The van der Waals surface area contributed by atoms with E-state index in [1.165, 1.54) is 0 Å². The van der Waals surface area contributed by atoms with Gasteiger partial charge in [-0.05, 0) is 13.3 Å². The van der Waals surface area contributed by atoms with Gasteiger partial charge >= 0.3 is 13.8 Å². The molecular formula is C9H19O7P. The summed E-state index contributed by atoms with van der Waals surface area (Å²) in [4.78, 5) is 32.4. The highest BCUT2D eigenvalue weighted by atomic mass is 31.2. The Morgan fingerprint density at radius 3 is 2.12 bits per heavy atom. The summed E-state index contributed by atoms with van der Waals surface area (Å²) >= 11 is 0. The Balaban J connectivity index is 0. The van der Waals surface area contributed by atoms with Gasteiger partial charge in [-0.1, -0.05) is 19.9 Å². The van der Waals surface area contributed by atoms with E-state index in [2.05, 4.69) is 11.3 Å². The van der Waals surface area contributed by atoms with Crippen molar-refractivity contribution in [2.75, 3.05) is 0 Å². The van der Waals surface area contributed by atoms with Crippen molar-refractivity contribution in [3.05, 3.63) is 12.2 Å². The first-order chi connectivity index (χ1) is 7.57. The summed E-state index contributed by atoms with van der Waals surface area (Å²) in [5.41, 5.74) is 0.311. The van der Waals surface area contributed by atoms with E-state index in [4.69, 9.17) is 24.4 Å². The summed E-state index contributed by atoms with van der Waals surface area (Å²) in [7, 11) is -4.64. The van der Waals surface area contributed by atoms with Crippen LogP contribution in [0.3, 0.4) is 0 Å². The molecule has 0 aromatic rings. The van der Waals surface area contributed by atoms with Crippen LogP contribution < -0.4 is 0 Å². The molecule has 8 heteroatoms. The zero-order chi connectivity index (χ0) is 14.1. The number of aliphatic hydroxyl groups excluding tert-OH is 1. The molecule has 1 atom stereocenters. The van der Waals surface area contributed by atoms with E-state index in [1.54, 1.807) is 6.92 Å². The van der Waals surface area contributed by atoms with E-state index in [9.17, 15) is 4.79 Å². The third-order valence-corrected chi connectivity index (χ3v) is 1.40. The average molecular weight is 270 g/mol. The Labute approximate surface area is 100.0 Å². The van der Waals surface area contributed by atoms with Gasteiger partial charge in [0.15, 0.2) is 0 Å². The molecule has 0 radical (unpaired) electrons. The molecule has 0 spiro atoms. The Kier molecular flexibility index (Phi) is 10.2. The van der Waals surface area contributed by atoms with Crippen molar-refractivity contribution in [1.82, 2.24) is 0 Å². The van der Waals surface area contributed by atoms with Crippen molar-refractivity contribution < 1.29 is 33.9 Å². The first kappa shape index (κ1) is 18.6. The van der Waals surface area contributed by atoms with Gasteiger partial charge in [0.1, 0.15) is 0 Å². The lowest BCUT2D eigenvalue weighted by atomic mass is 10.2. The second kappa shape index (κ2) is 9.32. The van der Waals surface area contributed by atoms with Crippen molar-refractivity contribution in [3.63, 3.8) is 0 Å². The maximum atomic E-state index is 10.8. The molecule has 0 aromatic carbocycles. The average Bonchev–Trinajstić information content (AvgIpc) is 2.11. The fourth-order valence-corrected chi connectivity index (χ4v) is 0.662. The van der Waals surface area contributed by atoms with Crippen LogP contribution in [0.15, 0.2) is 12.2 Å². The largest absolute Gasteiger partial charge is 0.466 e. The smallest absolute Gasteiger partial charge is 0.433 e. The summed E-state index contributed by atoms with van der Waals surface area (Å²) in [6.07, 6.45) is 1.34. The second-order valence-electron chi connectivity index (χ2n) is 3.30. The van der Waals surface area contributed by atoms with Gasteiger partial charge in [0.25, 0.3) is 0 Å². The Morgan fingerprint density at radius 2 is 1.82 bits per heavy atom. The fourth-order valence-electron chi connectivity index (χ4n) is 0.662. The van der Waals surface area contributed by atoms with Crippen LogP contribution in [0.4, 0.5) is 0 Å². The molecule has 0 fully saturated rings. The maximum Gasteiger partial charge on any atom is 0.466 e. The van der Waals surface area contributed by atoms with Gasteiger partial charge < -0.3 is 24.5 Å². The first-order valence-corrected chi connectivity index (χ1v) is 6.47. The highest BCUT2D eigenvalue weighted by molar-refractivity contribution is 7.45. The van der Waals surface area contributed by atoms with E-state index < -0.39 is 20.1 Å². The normalized spacial score (nSPS) is 12.1. The van der Waals surface area contributed by atoms with E-state index in [-0.39, 0.29) is 0 Å². The summed E-state index contributed by atoms with van der Waals surface area (Å²) in [6, 6.07) is 0. The van der Waals surface area contributed by atoms with E-state index in [1.807, 2.05) is 6.92 Å². The summed E-state index contributed by atoms with van der Waals surface area (Å²) in [5, 5.41) is 9.12. The van der Waals surface area contributed by atoms with Crippen LogP contribution in [0, 0.1) is 0 Å². The highest BCUT2D eigenvalue weighted by Gasteiger charge is 2.10. The third kappa shape index (κ3) is 21.2. The molecule has 4 N–H and O–H groups in total. The molecule has 0 aliphatic carbocycles. The van der Waals surface area contributed by atoms with Crippen LogP contribution in [-0.2, 0) is 14.1 Å². The van der Waals surface area contributed by atoms with E-state index in [0.29, 0.717) is 12.0 Å². The minimum Gasteiger partial charge on any atom is -0.433 e. The molecule has 1 unspecified atom stereocenters. The second-order valence-corrected chi connectivity index (χ2v) is 4.32. The predicted molar refractivity (Wildman–Crippen MR) is 60.7 cm³/mol. The maximum absolute atomic E-state index is 10.8. The van der Waals surface area contributed by atoms with Gasteiger partial charge in [0.2, 0.25) is 6.29 Å². The molecule has 0 aromatic heterocycles. The number of hydrogen-bond acceptors (Lipinski definition) is 4. The lowest BCUT2D eigenvalue weighted by Gasteiger charge is -2.10. The summed E-state index contributed by atoms with van der Waals surface area (Å²) in [5.74, 6) is -0.529. The molecule has 17 heavy (non-hydrogen) atoms. The Bertz CT molecular complexity index is 275. The van der Waals surface area contributed by atoms with Crippen molar-refractivity contribution in [2.24, 2.45) is 0 Å². The monoisotopic (exact) mass is 270 g/mol. The number of carbonyl (C=O) groups excluding carboxylic acids is 1. The molecule has 0 saturated carbocycles. The molecular weight excluding hydrogens is 251 g/mol. The van der Waals surface area contributed by atoms with Gasteiger partial charge in [0.05, 0.1) is 0 Å². The number of phosphoric acid groups is 1. The molecule has 0 amide bonds. The topological polar surface area (TPSA) is 124 Å². The summed E-state index contributed by atoms with van der Waals surface area (Å²) < 4.78 is 13.5. The van der Waals surface area contributed by atoms with Crippen molar-refractivity contribution in [1.29, 1.82) is 0 Å². The Morgan fingerprint density at radius 1 is 1.41 bits per heavy atom. The Hall–Kier alpha value is -0.720. The van der Waals surface area contributed by atoms with Crippen LogP contribution in [0.5, 0.6) is 0 Å². The lowest BCUT2D eigenvalue weighted by molar-refractivity contribution is -0.163. The number of carbonyl (C=O) groups is 1. The molecule has 0 bridgehead atoms. The van der Waals surface area contributed by atoms with Crippen LogP contribution in [0.2, 0.25) is 0 Å². The minimum atomic E-state index is -4.64. The van der Waals surface area contributed by atoms with Gasteiger partial charge in [-0.3, -0.25) is 0 Å². The first-order valence-electron chi connectivity index (χ1n) is 4.90. The zero-order valence-electron chi connectivity index (χ0n) is 9.87. The number of esters is 1. The molecule has 102 valence electrons. The quantitative estimate of drug-likeness (QED) is 0.250.